The molecule has 1 heterocycles. The number of benzene rings is 2. The summed E-state index contributed by atoms with van der Waals surface area (Å²) in [4.78, 5) is 36.5. The quantitative estimate of drug-likeness (QED) is 0.559. The molecule has 0 fully saturated rings. The number of halogens is 1. The second-order valence-electron chi connectivity index (χ2n) is 6.80. The molecule has 7 nitrogen and oxygen atoms in total. The maximum atomic E-state index is 12.5. The van der Waals surface area contributed by atoms with Crippen LogP contribution in [0.5, 0.6) is 5.75 Å². The molecule has 156 valence electrons. The summed E-state index contributed by atoms with van der Waals surface area (Å²) in [6.07, 6.45) is -0.186. The minimum Gasteiger partial charge on any atom is -0.495 e. The summed E-state index contributed by atoms with van der Waals surface area (Å²) < 4.78 is 10.5. The topological polar surface area (TPSA) is 106 Å². The predicted molar refractivity (Wildman–Crippen MR) is 112 cm³/mol. The number of rotatable bonds is 7. The number of carbonyl (C=O) groups excluding carboxylic acids is 1. The number of ether oxygens (including phenoxy) is 1. The van der Waals surface area contributed by atoms with Crippen molar-refractivity contribution < 1.29 is 23.8 Å². The van der Waals surface area contributed by atoms with Gasteiger partial charge in [-0.15, -0.1) is 0 Å². The zero-order chi connectivity index (χ0) is 21.8. The molecule has 2 aromatic carbocycles. The van der Waals surface area contributed by atoms with Crippen molar-refractivity contribution in [2.45, 2.75) is 25.8 Å². The van der Waals surface area contributed by atoms with Gasteiger partial charge in [-0.1, -0.05) is 41.9 Å². The van der Waals surface area contributed by atoms with Gasteiger partial charge in [0, 0.05) is 17.9 Å². The molecule has 3 rings (SSSR count). The summed E-state index contributed by atoms with van der Waals surface area (Å²) in [5.41, 5.74) is 1.07. The second kappa shape index (κ2) is 9.00. The number of hydrogen-bond donors (Lipinski definition) is 2. The summed E-state index contributed by atoms with van der Waals surface area (Å²) >= 11 is 6.16. The Morgan fingerprint density at radius 3 is 2.57 bits per heavy atom. The fourth-order valence-electron chi connectivity index (χ4n) is 3.21. The van der Waals surface area contributed by atoms with Gasteiger partial charge in [0.25, 0.3) is 0 Å². The third kappa shape index (κ3) is 4.63. The van der Waals surface area contributed by atoms with Crippen LogP contribution >= 0.6 is 11.6 Å². The molecular formula is C22H20ClNO6. The molecule has 1 atom stereocenters. The number of aryl methyl sites for hydroxylation is 1. The monoisotopic (exact) mass is 429 g/mol. The first kappa shape index (κ1) is 21.4. The third-order valence-corrected chi connectivity index (χ3v) is 5.11. The van der Waals surface area contributed by atoms with E-state index in [1.807, 2.05) is 6.07 Å². The van der Waals surface area contributed by atoms with Crippen molar-refractivity contribution >= 4 is 34.4 Å². The standard InChI is InChI=1S/C22H20ClNO6/c1-12-14-9-16(23)19(29-2)11-18(14)30-22(28)15(12)10-20(25)24-17(21(26)27)8-13-6-4-3-5-7-13/h3-7,9,11,17H,8,10H2,1-2H3,(H,24,25)(H,26,27). The van der Waals surface area contributed by atoms with Crippen molar-refractivity contribution in [2.24, 2.45) is 0 Å². The normalized spacial score (nSPS) is 11.8. The van der Waals surface area contributed by atoms with Gasteiger partial charge in [0.2, 0.25) is 5.91 Å². The predicted octanol–water partition coefficient (Wildman–Crippen LogP) is 3.12. The molecule has 0 aliphatic rings. The highest BCUT2D eigenvalue weighted by Crippen LogP contribution is 2.31. The fraction of sp³-hybridized carbons (Fsp3) is 0.227. The number of carbonyl (C=O) groups is 2. The van der Waals surface area contributed by atoms with Crippen LogP contribution in [-0.4, -0.2) is 30.1 Å². The maximum absolute atomic E-state index is 12.5. The smallest absolute Gasteiger partial charge is 0.340 e. The van der Waals surface area contributed by atoms with E-state index >= 15 is 0 Å². The summed E-state index contributed by atoms with van der Waals surface area (Å²) in [5, 5.41) is 12.8. The van der Waals surface area contributed by atoms with Crippen LogP contribution in [0.2, 0.25) is 5.02 Å². The Kier molecular flexibility index (Phi) is 6.42. The first-order valence-electron chi connectivity index (χ1n) is 9.16. The first-order valence-corrected chi connectivity index (χ1v) is 9.54. The van der Waals surface area contributed by atoms with Crippen LogP contribution in [-0.2, 0) is 22.4 Å². The number of nitrogens with one attached hydrogen (secondary N) is 1. The number of amides is 1. The lowest BCUT2D eigenvalue weighted by molar-refractivity contribution is -0.141. The average Bonchev–Trinajstić information content (AvgIpc) is 2.71. The lowest BCUT2D eigenvalue weighted by Crippen LogP contribution is -2.43. The average molecular weight is 430 g/mol. The van der Waals surface area contributed by atoms with Crippen molar-refractivity contribution in [2.75, 3.05) is 7.11 Å². The fourth-order valence-corrected chi connectivity index (χ4v) is 3.45. The van der Waals surface area contributed by atoms with Gasteiger partial charge in [-0.3, -0.25) is 4.79 Å². The maximum Gasteiger partial charge on any atom is 0.340 e. The van der Waals surface area contributed by atoms with E-state index in [-0.39, 0.29) is 24.0 Å². The van der Waals surface area contributed by atoms with E-state index in [0.717, 1.165) is 5.56 Å². The van der Waals surface area contributed by atoms with E-state index in [1.54, 1.807) is 37.3 Å². The van der Waals surface area contributed by atoms with Crippen LogP contribution in [0.15, 0.2) is 51.7 Å². The van der Waals surface area contributed by atoms with Crippen LogP contribution in [0.1, 0.15) is 16.7 Å². The lowest BCUT2D eigenvalue weighted by atomic mass is 10.0. The molecule has 0 aliphatic heterocycles. The Bertz CT molecular complexity index is 1160. The van der Waals surface area contributed by atoms with Crippen molar-refractivity contribution in [3.63, 3.8) is 0 Å². The molecule has 1 amide bonds. The molecule has 3 aromatic rings. The van der Waals surface area contributed by atoms with E-state index in [4.69, 9.17) is 20.8 Å². The molecule has 1 unspecified atom stereocenters. The van der Waals surface area contributed by atoms with Crippen LogP contribution < -0.4 is 15.7 Å². The Balaban J connectivity index is 1.85. The van der Waals surface area contributed by atoms with Crippen molar-refractivity contribution in [3.05, 3.63) is 74.6 Å². The zero-order valence-electron chi connectivity index (χ0n) is 16.4. The highest BCUT2D eigenvalue weighted by atomic mass is 35.5. The summed E-state index contributed by atoms with van der Waals surface area (Å²) in [6.45, 7) is 1.68. The number of carboxylic acid groups (broad SMARTS) is 1. The minimum absolute atomic E-state index is 0.128. The van der Waals surface area contributed by atoms with Gasteiger partial charge in [-0.2, -0.15) is 0 Å². The molecular weight excluding hydrogens is 410 g/mol. The summed E-state index contributed by atoms with van der Waals surface area (Å²) in [7, 11) is 1.45. The van der Waals surface area contributed by atoms with Gasteiger partial charge in [0.05, 0.1) is 24.1 Å². The molecule has 30 heavy (non-hydrogen) atoms. The van der Waals surface area contributed by atoms with Gasteiger partial charge < -0.3 is 19.6 Å². The van der Waals surface area contributed by atoms with E-state index in [2.05, 4.69) is 5.32 Å². The van der Waals surface area contributed by atoms with Crippen LogP contribution in [0.3, 0.4) is 0 Å². The first-order chi connectivity index (χ1) is 14.3. The molecule has 0 saturated carbocycles. The van der Waals surface area contributed by atoms with Gasteiger partial charge >= 0.3 is 11.6 Å². The highest BCUT2D eigenvalue weighted by molar-refractivity contribution is 6.32. The van der Waals surface area contributed by atoms with Gasteiger partial charge in [-0.05, 0) is 24.1 Å². The lowest BCUT2D eigenvalue weighted by Gasteiger charge is -2.15. The molecule has 0 radical (unpaired) electrons. The number of carboxylic acids is 1. The SMILES string of the molecule is COc1cc2oc(=O)c(CC(=O)NC(Cc3ccccc3)C(=O)O)c(C)c2cc1Cl. The molecule has 0 bridgehead atoms. The molecule has 2 N–H and O–H groups in total. The Labute approximate surface area is 177 Å². The molecule has 0 aliphatic carbocycles. The van der Waals surface area contributed by atoms with Crippen LogP contribution in [0.25, 0.3) is 11.0 Å². The molecule has 0 saturated heterocycles. The van der Waals surface area contributed by atoms with E-state index in [0.29, 0.717) is 21.7 Å². The van der Waals surface area contributed by atoms with Crippen molar-refractivity contribution in [1.82, 2.24) is 5.32 Å². The number of aliphatic carboxylic acids is 1. The molecule has 1 aromatic heterocycles. The van der Waals surface area contributed by atoms with E-state index < -0.39 is 23.5 Å². The van der Waals surface area contributed by atoms with Gasteiger partial charge in [0.1, 0.15) is 17.4 Å². The van der Waals surface area contributed by atoms with Crippen molar-refractivity contribution in [1.29, 1.82) is 0 Å². The minimum atomic E-state index is -1.16. The van der Waals surface area contributed by atoms with Gasteiger partial charge in [-0.25, -0.2) is 9.59 Å². The Hall–Kier alpha value is -3.32. The van der Waals surface area contributed by atoms with E-state index in [9.17, 15) is 19.5 Å². The van der Waals surface area contributed by atoms with Crippen LogP contribution in [0.4, 0.5) is 0 Å². The molecule has 8 heteroatoms. The third-order valence-electron chi connectivity index (χ3n) is 4.81. The summed E-state index contributed by atoms with van der Waals surface area (Å²) in [6, 6.07) is 11.0. The second-order valence-corrected chi connectivity index (χ2v) is 7.21. The van der Waals surface area contributed by atoms with Crippen molar-refractivity contribution in [3.8, 4) is 5.75 Å². The number of methoxy groups -OCH3 is 1. The largest absolute Gasteiger partial charge is 0.495 e. The Morgan fingerprint density at radius 1 is 1.23 bits per heavy atom. The number of hydrogen-bond acceptors (Lipinski definition) is 5. The van der Waals surface area contributed by atoms with E-state index in [1.165, 1.54) is 13.2 Å². The number of fused-ring (bicyclic) bond motifs is 1. The van der Waals surface area contributed by atoms with Gasteiger partial charge in [0.15, 0.2) is 0 Å². The highest BCUT2D eigenvalue weighted by Gasteiger charge is 2.22. The van der Waals surface area contributed by atoms with Crippen LogP contribution in [0, 0.1) is 6.92 Å². The molecule has 0 spiro atoms. The Morgan fingerprint density at radius 2 is 1.93 bits per heavy atom. The zero-order valence-corrected chi connectivity index (χ0v) is 17.2. The summed E-state index contributed by atoms with van der Waals surface area (Å²) in [5.74, 6) is -1.39.